The lowest BCUT2D eigenvalue weighted by atomic mass is 10.2. The molecule has 0 rings (SSSR count). The Labute approximate surface area is 276 Å². The highest BCUT2D eigenvalue weighted by Gasteiger charge is 2.78. The maximum absolute atomic E-state index is 14.3. The molecule has 0 aromatic carbocycles. The van der Waals surface area contributed by atoms with Gasteiger partial charge in [-0.3, -0.25) is 13.9 Å². The van der Waals surface area contributed by atoms with Crippen molar-refractivity contribution in [1.82, 2.24) is 0 Å². The van der Waals surface area contributed by atoms with Gasteiger partial charge in [-0.1, -0.05) is 58.7 Å². The number of hydrogen-bond acceptors (Lipinski definition) is 6. The van der Waals surface area contributed by atoms with E-state index in [9.17, 15) is 48.3 Å². The Hall–Kier alpha value is 0.0744. The van der Waals surface area contributed by atoms with Crippen molar-refractivity contribution in [3.05, 3.63) is 0 Å². The molecule has 0 radical (unpaired) electrons. The van der Waals surface area contributed by atoms with Gasteiger partial charge in [0.05, 0.1) is 7.59 Å². The summed E-state index contributed by atoms with van der Waals surface area (Å²) in [6, 6.07) is 2.06. The first kappa shape index (κ1) is 47.1. The van der Waals surface area contributed by atoms with Crippen LogP contribution in [0.5, 0.6) is 0 Å². The first-order valence-electron chi connectivity index (χ1n) is 15.4. The molecule has 0 aromatic rings. The van der Waals surface area contributed by atoms with Crippen LogP contribution >= 0.6 is 0 Å². The fraction of sp³-hybridized carbons (Fsp3) is 1.00. The number of ether oxygens (including phenoxy) is 2. The topological polar surface area (TPSA) is 55.4 Å². The van der Waals surface area contributed by atoms with Crippen molar-refractivity contribution in [2.24, 2.45) is 0 Å². The average molecular weight is 797 g/mol. The van der Waals surface area contributed by atoms with E-state index in [1.54, 1.807) is 19.6 Å². The van der Waals surface area contributed by atoms with E-state index in [0.29, 0.717) is 0 Å². The van der Waals surface area contributed by atoms with Gasteiger partial charge >= 0.3 is 48.1 Å². The molecular weight excluding hydrogens is 746 g/mol. The normalized spacial score (nSPS) is 17.8. The molecule has 0 aliphatic heterocycles. The highest BCUT2D eigenvalue weighted by molar-refractivity contribution is 7.39. The van der Waals surface area contributed by atoms with Gasteiger partial charge in [0.25, 0.3) is 0 Å². The van der Waals surface area contributed by atoms with Crippen LogP contribution in [0.4, 0.5) is 48.3 Å². The van der Waals surface area contributed by atoms with Gasteiger partial charge in [-0.25, -0.2) is 0 Å². The van der Waals surface area contributed by atoms with E-state index in [0.717, 1.165) is 37.8 Å². The Morgan fingerprint density at radius 2 is 1.17 bits per heavy atom. The molecule has 284 valence electrons. The number of hydrogen-bond donors (Lipinski definition) is 0. The standard InChI is InChI=1S/C25H51F11O6Si5/c1-11-13-18-45(6,7)46(8,9)42-47(10,19-14-12-2)40-39-43(3)41-44(4,5)17-15-16-37-20-21(26,23(29,30)31)38-25(35,36)22(27,28)24(32,33)34/h43H,11-20H2,1-10H3. The van der Waals surface area contributed by atoms with Crippen molar-refractivity contribution in [2.75, 3.05) is 13.2 Å². The van der Waals surface area contributed by atoms with Gasteiger partial charge in [0.2, 0.25) is 0 Å². The molecule has 6 nitrogen and oxygen atoms in total. The molecule has 0 spiro atoms. The van der Waals surface area contributed by atoms with Gasteiger partial charge in [0.1, 0.15) is 6.61 Å². The maximum Gasteiger partial charge on any atom is 0.462 e. The maximum atomic E-state index is 14.3. The zero-order valence-electron chi connectivity index (χ0n) is 28.8. The third kappa shape index (κ3) is 14.3. The van der Waals surface area contributed by atoms with E-state index in [1.165, 1.54) is 0 Å². The predicted octanol–water partition coefficient (Wildman–Crippen LogP) is 10.1. The largest absolute Gasteiger partial charge is 0.462 e. The summed E-state index contributed by atoms with van der Waals surface area (Å²) in [6.45, 7) is 17.4. The molecule has 0 aliphatic carbocycles. The van der Waals surface area contributed by atoms with Crippen LogP contribution in [-0.2, 0) is 26.9 Å². The molecule has 47 heavy (non-hydrogen) atoms. The SMILES string of the molecule is CCCC[Si](C)(OO[SiH](C)O[Si](C)(C)CCCOCC(F)(OC(F)(F)C(F)(F)C(F)(F)F)C(F)(F)F)O[Si](C)(C)[Si](C)(C)CCCC. The summed E-state index contributed by atoms with van der Waals surface area (Å²) < 4.78 is 175. The third-order valence-electron chi connectivity index (χ3n) is 7.88. The number of halogens is 11. The van der Waals surface area contributed by atoms with E-state index in [4.69, 9.17) is 17.4 Å². The van der Waals surface area contributed by atoms with Crippen LogP contribution in [0, 0.1) is 0 Å². The fourth-order valence-corrected chi connectivity index (χ4v) is 26.5. The molecule has 0 aliphatic rings. The Balaban J connectivity index is 5.26. The van der Waals surface area contributed by atoms with Crippen LogP contribution < -0.4 is 0 Å². The molecule has 0 heterocycles. The molecule has 0 saturated carbocycles. The number of unbranched alkanes of at least 4 members (excludes halogenated alkanes) is 2. The van der Waals surface area contributed by atoms with Gasteiger partial charge in [-0.05, 0) is 57.8 Å². The molecule has 0 fully saturated rings. The minimum absolute atomic E-state index is 0.0897. The Kier molecular flexibility index (Phi) is 17.6. The second-order valence-electron chi connectivity index (χ2n) is 13.5. The van der Waals surface area contributed by atoms with E-state index in [2.05, 4.69) is 49.5 Å². The smallest absolute Gasteiger partial charge is 0.437 e. The molecule has 0 bridgehead atoms. The molecule has 3 unspecified atom stereocenters. The van der Waals surface area contributed by atoms with Crippen LogP contribution in [-0.4, -0.2) is 85.0 Å². The minimum Gasteiger partial charge on any atom is -0.437 e. The average Bonchev–Trinajstić information content (AvgIpc) is 2.87. The van der Waals surface area contributed by atoms with Crippen LogP contribution in [0.2, 0.25) is 70.5 Å². The van der Waals surface area contributed by atoms with Crippen LogP contribution in [0.3, 0.4) is 0 Å². The minimum atomic E-state index is -7.12. The lowest BCUT2D eigenvalue weighted by Crippen LogP contribution is -2.62. The van der Waals surface area contributed by atoms with Crippen molar-refractivity contribution in [3.8, 4) is 0 Å². The third-order valence-corrected chi connectivity index (χ3v) is 35.7. The summed E-state index contributed by atoms with van der Waals surface area (Å²) in [5, 5.41) is 0. The first-order chi connectivity index (χ1) is 20.8. The summed E-state index contributed by atoms with van der Waals surface area (Å²) in [7, 11) is -11.7. The summed E-state index contributed by atoms with van der Waals surface area (Å²) >= 11 is 0. The lowest BCUT2D eigenvalue weighted by Gasteiger charge is -2.43. The van der Waals surface area contributed by atoms with E-state index < -0.39 is 85.0 Å². The van der Waals surface area contributed by atoms with Crippen LogP contribution in [0.25, 0.3) is 0 Å². The quantitative estimate of drug-likeness (QED) is 0.0338. The molecule has 0 amide bonds. The molecule has 22 heteroatoms. The number of alkyl halides is 11. The molecule has 0 aromatic heterocycles. The summed E-state index contributed by atoms with van der Waals surface area (Å²) in [5.74, 6) is -12.8. The molecular formula is C25H51F11O6Si5. The predicted molar refractivity (Wildman–Crippen MR) is 168 cm³/mol. The van der Waals surface area contributed by atoms with Crippen molar-refractivity contribution in [2.45, 2.75) is 147 Å². The second-order valence-corrected chi connectivity index (χ2v) is 38.5. The van der Waals surface area contributed by atoms with Gasteiger partial charge in [0, 0.05) is 6.61 Å². The Bertz CT molecular complexity index is 944. The zero-order chi connectivity index (χ0) is 37.4. The fourth-order valence-electron chi connectivity index (χ4n) is 4.31. The van der Waals surface area contributed by atoms with Gasteiger partial charge in [-0.2, -0.15) is 48.3 Å². The van der Waals surface area contributed by atoms with E-state index in [1.807, 2.05) is 6.55 Å². The number of rotatable bonds is 23. The zero-order valence-corrected chi connectivity index (χ0v) is 33.9. The Morgan fingerprint density at radius 1 is 0.660 bits per heavy atom. The first-order valence-corrected chi connectivity index (χ1v) is 30.3. The highest BCUT2D eigenvalue weighted by atomic mass is 29.3. The van der Waals surface area contributed by atoms with Crippen molar-refractivity contribution < 1.29 is 75.2 Å². The van der Waals surface area contributed by atoms with Crippen molar-refractivity contribution >= 4 is 41.6 Å². The summed E-state index contributed by atoms with van der Waals surface area (Å²) in [4.78, 5) is 0. The van der Waals surface area contributed by atoms with Crippen molar-refractivity contribution in [1.29, 1.82) is 0 Å². The van der Waals surface area contributed by atoms with Crippen molar-refractivity contribution in [3.63, 3.8) is 0 Å². The second kappa shape index (κ2) is 17.5. The van der Waals surface area contributed by atoms with Gasteiger partial charge in [0.15, 0.2) is 16.2 Å². The molecule has 0 saturated heterocycles. The van der Waals surface area contributed by atoms with Gasteiger partial charge < -0.3 is 13.0 Å². The van der Waals surface area contributed by atoms with E-state index in [-0.39, 0.29) is 12.5 Å². The van der Waals surface area contributed by atoms with Gasteiger partial charge in [-0.15, -0.1) is 0 Å². The lowest BCUT2D eigenvalue weighted by molar-refractivity contribution is -0.486. The Morgan fingerprint density at radius 3 is 1.64 bits per heavy atom. The van der Waals surface area contributed by atoms with Crippen LogP contribution in [0.1, 0.15) is 46.0 Å². The van der Waals surface area contributed by atoms with Crippen LogP contribution in [0.15, 0.2) is 0 Å². The monoisotopic (exact) mass is 796 g/mol. The molecule has 0 N–H and O–H groups in total. The summed E-state index contributed by atoms with van der Waals surface area (Å²) in [5.41, 5.74) is 0. The van der Waals surface area contributed by atoms with E-state index >= 15 is 0 Å². The highest BCUT2D eigenvalue weighted by Crippen LogP contribution is 2.51. The molecule has 3 atom stereocenters. The summed E-state index contributed by atoms with van der Waals surface area (Å²) in [6.07, 6.45) is -16.4.